The Morgan fingerprint density at radius 1 is 1.44 bits per heavy atom. The van der Waals surface area contributed by atoms with Gasteiger partial charge in [0, 0.05) is 13.2 Å². The van der Waals surface area contributed by atoms with Gasteiger partial charge in [0.05, 0.1) is 30.6 Å². The molecular formula is C13H25N3O2. The topological polar surface area (TPSA) is 62.3 Å². The number of nitrogens with two attached hydrogens (primary N) is 1. The molecule has 0 radical (unpaired) electrons. The van der Waals surface area contributed by atoms with Crippen LogP contribution in [0.25, 0.3) is 0 Å². The van der Waals surface area contributed by atoms with Crippen LogP contribution in [0.4, 0.5) is 0 Å². The molecule has 1 atom stereocenters. The van der Waals surface area contributed by atoms with Crippen LogP contribution in [0, 0.1) is 0 Å². The lowest BCUT2D eigenvalue weighted by Gasteiger charge is -2.32. The zero-order valence-corrected chi connectivity index (χ0v) is 12.1. The Morgan fingerprint density at radius 2 is 2.11 bits per heavy atom. The molecule has 1 rings (SSSR count). The predicted molar refractivity (Wildman–Crippen MR) is 71.7 cm³/mol. The fourth-order valence-electron chi connectivity index (χ4n) is 2.03. The summed E-state index contributed by atoms with van der Waals surface area (Å²) in [5.41, 5.74) is 6.79. The number of nitrogens with zero attached hydrogens (tertiary/aromatic N) is 2. The number of ether oxygens (including phenoxy) is 2. The van der Waals surface area contributed by atoms with E-state index >= 15 is 0 Å². The standard InChI is InChI=1S/C13H25N3O2/c1-6-8-16-11(10(17-5)9-15-16)12(14)13(3,4)18-7-2/h9,12H,6-8,14H2,1-5H3. The predicted octanol–water partition coefficient (Wildman–Crippen LogP) is 2.12. The molecule has 5 nitrogen and oxygen atoms in total. The summed E-state index contributed by atoms with van der Waals surface area (Å²) in [7, 11) is 1.64. The number of rotatable bonds is 7. The van der Waals surface area contributed by atoms with E-state index in [1.807, 2.05) is 25.5 Å². The van der Waals surface area contributed by atoms with Crippen molar-refractivity contribution in [3.8, 4) is 5.75 Å². The third-order valence-electron chi connectivity index (χ3n) is 3.06. The lowest BCUT2D eigenvalue weighted by molar-refractivity contribution is -0.0320. The first-order chi connectivity index (χ1) is 8.47. The van der Waals surface area contributed by atoms with Crippen molar-refractivity contribution in [1.82, 2.24) is 9.78 Å². The quantitative estimate of drug-likeness (QED) is 0.810. The van der Waals surface area contributed by atoms with Crippen molar-refractivity contribution in [1.29, 1.82) is 0 Å². The Kier molecular flexibility index (Phi) is 5.16. The van der Waals surface area contributed by atoms with Gasteiger partial charge in [-0.2, -0.15) is 5.10 Å². The van der Waals surface area contributed by atoms with Gasteiger partial charge in [0.2, 0.25) is 0 Å². The molecule has 0 aliphatic rings. The van der Waals surface area contributed by atoms with Crippen LogP contribution >= 0.6 is 0 Å². The van der Waals surface area contributed by atoms with Gasteiger partial charge in [-0.05, 0) is 27.2 Å². The van der Waals surface area contributed by atoms with E-state index in [1.165, 1.54) is 0 Å². The van der Waals surface area contributed by atoms with E-state index < -0.39 is 5.60 Å². The Hall–Kier alpha value is -1.07. The van der Waals surface area contributed by atoms with Crippen molar-refractivity contribution < 1.29 is 9.47 Å². The first kappa shape index (κ1) is 15.0. The molecule has 0 aliphatic carbocycles. The van der Waals surface area contributed by atoms with Gasteiger partial charge >= 0.3 is 0 Å². The summed E-state index contributed by atoms with van der Waals surface area (Å²) in [4.78, 5) is 0. The number of methoxy groups -OCH3 is 1. The molecule has 1 heterocycles. The van der Waals surface area contributed by atoms with Crippen molar-refractivity contribution in [2.24, 2.45) is 5.73 Å². The summed E-state index contributed by atoms with van der Waals surface area (Å²) in [5, 5.41) is 4.33. The summed E-state index contributed by atoms with van der Waals surface area (Å²) in [5.74, 6) is 0.726. The largest absolute Gasteiger partial charge is 0.493 e. The van der Waals surface area contributed by atoms with E-state index in [9.17, 15) is 0 Å². The number of aryl methyl sites for hydroxylation is 1. The monoisotopic (exact) mass is 255 g/mol. The molecular weight excluding hydrogens is 230 g/mol. The van der Waals surface area contributed by atoms with Gasteiger partial charge in [0.15, 0.2) is 5.75 Å². The Balaban J connectivity index is 3.09. The molecule has 0 spiro atoms. The van der Waals surface area contributed by atoms with Gasteiger partial charge in [-0.3, -0.25) is 4.68 Å². The molecule has 0 saturated carbocycles. The molecule has 0 aromatic carbocycles. The van der Waals surface area contributed by atoms with Crippen LogP contribution in [0.1, 0.15) is 45.9 Å². The minimum atomic E-state index is -0.451. The molecule has 104 valence electrons. The summed E-state index contributed by atoms with van der Waals surface area (Å²) in [6.45, 7) is 9.51. The molecule has 18 heavy (non-hydrogen) atoms. The third kappa shape index (κ3) is 3.03. The van der Waals surface area contributed by atoms with Crippen LogP contribution in [-0.2, 0) is 11.3 Å². The molecule has 0 aliphatic heterocycles. The van der Waals surface area contributed by atoms with Crippen molar-refractivity contribution in [3.63, 3.8) is 0 Å². The minimum absolute atomic E-state index is 0.276. The van der Waals surface area contributed by atoms with Crippen LogP contribution in [0.5, 0.6) is 5.75 Å². The molecule has 2 N–H and O–H groups in total. The Morgan fingerprint density at radius 3 is 2.61 bits per heavy atom. The van der Waals surface area contributed by atoms with Crippen molar-refractivity contribution >= 4 is 0 Å². The second-order valence-electron chi connectivity index (χ2n) is 4.84. The van der Waals surface area contributed by atoms with Gasteiger partial charge in [0.25, 0.3) is 0 Å². The van der Waals surface area contributed by atoms with Crippen LogP contribution in [-0.4, -0.2) is 29.1 Å². The highest BCUT2D eigenvalue weighted by Crippen LogP contribution is 2.32. The van der Waals surface area contributed by atoms with Crippen molar-refractivity contribution in [3.05, 3.63) is 11.9 Å². The van der Waals surface area contributed by atoms with Crippen LogP contribution in [0.15, 0.2) is 6.20 Å². The third-order valence-corrected chi connectivity index (χ3v) is 3.06. The van der Waals surface area contributed by atoms with E-state index in [1.54, 1.807) is 13.3 Å². The van der Waals surface area contributed by atoms with Gasteiger partial charge in [-0.1, -0.05) is 6.92 Å². The molecule has 0 fully saturated rings. The van der Waals surface area contributed by atoms with Crippen LogP contribution < -0.4 is 10.5 Å². The maximum atomic E-state index is 6.34. The van der Waals surface area contributed by atoms with Crippen LogP contribution in [0.3, 0.4) is 0 Å². The fraction of sp³-hybridized carbons (Fsp3) is 0.769. The first-order valence-corrected chi connectivity index (χ1v) is 6.47. The summed E-state index contributed by atoms with van der Waals surface area (Å²) in [6.07, 6.45) is 2.71. The lowest BCUT2D eigenvalue weighted by atomic mass is 9.95. The van der Waals surface area contributed by atoms with Gasteiger partial charge < -0.3 is 15.2 Å². The Bertz CT molecular complexity index is 374. The average Bonchev–Trinajstić information content (AvgIpc) is 2.71. The van der Waals surface area contributed by atoms with E-state index in [2.05, 4.69) is 12.0 Å². The van der Waals surface area contributed by atoms with Crippen LogP contribution in [0.2, 0.25) is 0 Å². The van der Waals surface area contributed by atoms with Crippen molar-refractivity contribution in [2.75, 3.05) is 13.7 Å². The molecule has 1 aromatic rings. The molecule has 0 saturated heterocycles. The van der Waals surface area contributed by atoms with Gasteiger partial charge in [-0.25, -0.2) is 0 Å². The van der Waals surface area contributed by atoms with E-state index in [4.69, 9.17) is 15.2 Å². The number of aromatic nitrogens is 2. The summed E-state index contributed by atoms with van der Waals surface area (Å²) < 4.78 is 13.0. The SMILES string of the molecule is CCCn1ncc(OC)c1C(N)C(C)(C)OCC. The maximum Gasteiger partial charge on any atom is 0.161 e. The molecule has 1 unspecified atom stereocenters. The van der Waals surface area contributed by atoms with E-state index in [-0.39, 0.29) is 6.04 Å². The number of hydrogen-bond acceptors (Lipinski definition) is 4. The second kappa shape index (κ2) is 6.20. The number of hydrogen-bond donors (Lipinski definition) is 1. The lowest BCUT2D eigenvalue weighted by Crippen LogP contribution is -2.39. The maximum absolute atomic E-state index is 6.34. The Labute approximate surface area is 109 Å². The smallest absolute Gasteiger partial charge is 0.161 e. The molecule has 0 amide bonds. The molecule has 0 bridgehead atoms. The zero-order chi connectivity index (χ0) is 13.8. The summed E-state index contributed by atoms with van der Waals surface area (Å²) >= 11 is 0. The average molecular weight is 255 g/mol. The summed E-state index contributed by atoms with van der Waals surface area (Å²) in [6, 6.07) is -0.276. The molecule has 5 heteroatoms. The van der Waals surface area contributed by atoms with Crippen molar-refractivity contribution in [2.45, 2.75) is 52.3 Å². The van der Waals surface area contributed by atoms with Gasteiger partial charge in [-0.15, -0.1) is 0 Å². The minimum Gasteiger partial charge on any atom is -0.493 e. The highest BCUT2D eigenvalue weighted by Gasteiger charge is 2.33. The normalized spacial score (nSPS) is 13.7. The molecule has 1 aromatic heterocycles. The van der Waals surface area contributed by atoms with E-state index in [0.717, 1.165) is 24.4 Å². The fourth-order valence-corrected chi connectivity index (χ4v) is 2.03. The highest BCUT2D eigenvalue weighted by molar-refractivity contribution is 5.30. The van der Waals surface area contributed by atoms with E-state index in [0.29, 0.717) is 6.61 Å². The highest BCUT2D eigenvalue weighted by atomic mass is 16.5. The zero-order valence-electron chi connectivity index (χ0n) is 12.1. The first-order valence-electron chi connectivity index (χ1n) is 6.47. The van der Waals surface area contributed by atoms with Gasteiger partial charge in [0.1, 0.15) is 0 Å². The second-order valence-corrected chi connectivity index (χ2v) is 4.84.